The molecular weight excluding hydrogens is 314 g/mol. The maximum absolute atomic E-state index is 12.8. The van der Waals surface area contributed by atoms with E-state index in [0.29, 0.717) is 0 Å². The van der Waals surface area contributed by atoms with Crippen LogP contribution in [0, 0.1) is 5.92 Å². The van der Waals surface area contributed by atoms with E-state index in [2.05, 4.69) is 20.9 Å². The number of nitrogens with one attached hydrogen (secondary N) is 1. The SMILES string of the molecule is O=C(c1cc2c([nH]1)CCCC2)N1CCC(CCN2CCOCC2)CC1. The van der Waals surface area contributed by atoms with Gasteiger partial charge in [0.1, 0.15) is 5.69 Å². The number of carbonyl (C=O) groups excluding carboxylic acids is 1. The largest absolute Gasteiger partial charge is 0.379 e. The molecule has 1 amide bonds. The van der Waals surface area contributed by atoms with Gasteiger partial charge in [0.25, 0.3) is 5.91 Å². The van der Waals surface area contributed by atoms with E-state index < -0.39 is 0 Å². The van der Waals surface area contributed by atoms with Crippen molar-refractivity contribution < 1.29 is 9.53 Å². The Morgan fingerprint density at radius 2 is 1.88 bits per heavy atom. The van der Waals surface area contributed by atoms with Crippen molar-refractivity contribution >= 4 is 5.91 Å². The first-order valence-corrected chi connectivity index (χ1v) is 10.1. The van der Waals surface area contributed by atoms with Crippen LogP contribution in [0.3, 0.4) is 0 Å². The number of carbonyl (C=O) groups is 1. The molecular formula is C20H31N3O2. The fraction of sp³-hybridized carbons (Fsp3) is 0.750. The number of aryl methyl sites for hydroxylation is 2. The van der Waals surface area contributed by atoms with Crippen LogP contribution < -0.4 is 0 Å². The Bertz CT molecular complexity index is 560. The number of fused-ring (bicyclic) bond motifs is 1. The van der Waals surface area contributed by atoms with Crippen LogP contribution in [0.15, 0.2) is 6.07 Å². The number of morpholine rings is 1. The van der Waals surface area contributed by atoms with E-state index in [-0.39, 0.29) is 5.91 Å². The van der Waals surface area contributed by atoms with E-state index in [1.165, 1.54) is 37.1 Å². The molecule has 1 aromatic heterocycles. The number of hydrogen-bond donors (Lipinski definition) is 1. The molecule has 2 saturated heterocycles. The third-order valence-corrected chi connectivity index (χ3v) is 6.20. The molecule has 5 nitrogen and oxygen atoms in total. The molecule has 138 valence electrons. The molecule has 0 bridgehead atoms. The van der Waals surface area contributed by atoms with Gasteiger partial charge in [-0.05, 0) is 69.0 Å². The van der Waals surface area contributed by atoms with Crippen molar-refractivity contribution in [2.24, 2.45) is 5.92 Å². The number of rotatable bonds is 4. The normalized spacial score (nSPS) is 22.8. The van der Waals surface area contributed by atoms with Crippen LogP contribution in [-0.4, -0.2) is 66.6 Å². The number of H-pyrrole nitrogens is 1. The topological polar surface area (TPSA) is 48.6 Å². The average molecular weight is 345 g/mol. The second kappa shape index (κ2) is 7.92. The van der Waals surface area contributed by atoms with Gasteiger partial charge in [-0.15, -0.1) is 0 Å². The first kappa shape index (κ1) is 17.1. The number of ether oxygens (including phenoxy) is 1. The molecule has 25 heavy (non-hydrogen) atoms. The van der Waals surface area contributed by atoms with Gasteiger partial charge < -0.3 is 14.6 Å². The van der Waals surface area contributed by atoms with Crippen molar-refractivity contribution in [2.45, 2.75) is 44.9 Å². The molecule has 3 heterocycles. The molecule has 0 aromatic carbocycles. The van der Waals surface area contributed by atoms with Crippen LogP contribution in [0.4, 0.5) is 0 Å². The van der Waals surface area contributed by atoms with Gasteiger partial charge in [-0.3, -0.25) is 9.69 Å². The molecule has 0 spiro atoms. The van der Waals surface area contributed by atoms with Crippen molar-refractivity contribution in [3.8, 4) is 0 Å². The molecule has 2 fully saturated rings. The van der Waals surface area contributed by atoms with Gasteiger partial charge in [-0.25, -0.2) is 0 Å². The highest BCUT2D eigenvalue weighted by Gasteiger charge is 2.26. The minimum absolute atomic E-state index is 0.209. The lowest BCUT2D eigenvalue weighted by molar-refractivity contribution is 0.0332. The first-order chi connectivity index (χ1) is 12.3. The summed E-state index contributed by atoms with van der Waals surface area (Å²) < 4.78 is 5.42. The van der Waals surface area contributed by atoms with Crippen LogP contribution in [0.25, 0.3) is 0 Å². The summed E-state index contributed by atoms with van der Waals surface area (Å²) in [6, 6.07) is 2.11. The molecule has 0 saturated carbocycles. The summed E-state index contributed by atoms with van der Waals surface area (Å²) in [5.74, 6) is 0.977. The second-order valence-corrected chi connectivity index (χ2v) is 7.87. The highest BCUT2D eigenvalue weighted by atomic mass is 16.5. The maximum Gasteiger partial charge on any atom is 0.270 e. The molecule has 1 aromatic rings. The van der Waals surface area contributed by atoms with Crippen LogP contribution in [0.5, 0.6) is 0 Å². The fourth-order valence-corrected chi connectivity index (χ4v) is 4.50. The van der Waals surface area contributed by atoms with Gasteiger partial charge in [0.05, 0.1) is 13.2 Å². The van der Waals surface area contributed by atoms with E-state index in [1.54, 1.807) is 0 Å². The standard InChI is InChI=1S/C20H31N3O2/c24-20(19-15-17-3-1-2-4-18(17)21-19)23-9-6-16(7-10-23)5-8-22-11-13-25-14-12-22/h15-16,21H,1-14H2. The lowest BCUT2D eigenvalue weighted by Gasteiger charge is -2.33. The van der Waals surface area contributed by atoms with E-state index in [4.69, 9.17) is 4.74 Å². The summed E-state index contributed by atoms with van der Waals surface area (Å²) in [4.78, 5) is 20.8. The predicted octanol–water partition coefficient (Wildman–Crippen LogP) is 2.47. The van der Waals surface area contributed by atoms with Crippen molar-refractivity contribution in [3.63, 3.8) is 0 Å². The monoisotopic (exact) mass is 345 g/mol. The summed E-state index contributed by atoms with van der Waals surface area (Å²) in [5.41, 5.74) is 3.49. The molecule has 3 aliphatic rings. The average Bonchev–Trinajstić information content (AvgIpc) is 3.11. The van der Waals surface area contributed by atoms with E-state index >= 15 is 0 Å². The number of aromatic nitrogens is 1. The molecule has 2 aliphatic heterocycles. The summed E-state index contributed by atoms with van der Waals surface area (Å²) in [5, 5.41) is 0. The Labute approximate surface area is 150 Å². The highest BCUT2D eigenvalue weighted by Crippen LogP contribution is 2.25. The minimum atomic E-state index is 0.209. The van der Waals surface area contributed by atoms with Gasteiger partial charge in [0, 0.05) is 31.9 Å². The number of piperidine rings is 1. The Morgan fingerprint density at radius 3 is 2.64 bits per heavy atom. The van der Waals surface area contributed by atoms with Crippen LogP contribution in [-0.2, 0) is 17.6 Å². The number of amides is 1. The smallest absolute Gasteiger partial charge is 0.270 e. The minimum Gasteiger partial charge on any atom is -0.379 e. The van der Waals surface area contributed by atoms with Crippen LogP contribution in [0.2, 0.25) is 0 Å². The Hall–Kier alpha value is -1.33. The van der Waals surface area contributed by atoms with Crippen molar-refractivity contribution in [1.29, 1.82) is 0 Å². The van der Waals surface area contributed by atoms with Gasteiger partial charge in [0.15, 0.2) is 0 Å². The van der Waals surface area contributed by atoms with E-state index in [1.807, 2.05) is 0 Å². The predicted molar refractivity (Wildman–Crippen MR) is 97.9 cm³/mol. The number of likely N-dealkylation sites (tertiary alicyclic amines) is 1. The number of aromatic amines is 1. The summed E-state index contributed by atoms with van der Waals surface area (Å²) in [6.45, 7) is 6.93. The van der Waals surface area contributed by atoms with Gasteiger partial charge in [0.2, 0.25) is 0 Å². The van der Waals surface area contributed by atoms with Gasteiger partial charge >= 0.3 is 0 Å². The molecule has 4 rings (SSSR count). The van der Waals surface area contributed by atoms with Gasteiger partial charge in [-0.2, -0.15) is 0 Å². The third kappa shape index (κ3) is 4.09. The van der Waals surface area contributed by atoms with E-state index in [9.17, 15) is 4.79 Å². The summed E-state index contributed by atoms with van der Waals surface area (Å²) in [6.07, 6.45) is 8.30. The Kier molecular flexibility index (Phi) is 5.42. The second-order valence-electron chi connectivity index (χ2n) is 7.87. The summed E-state index contributed by atoms with van der Waals surface area (Å²) >= 11 is 0. The fourth-order valence-electron chi connectivity index (χ4n) is 4.50. The Balaban J connectivity index is 1.25. The maximum atomic E-state index is 12.8. The summed E-state index contributed by atoms with van der Waals surface area (Å²) in [7, 11) is 0. The van der Waals surface area contributed by atoms with Gasteiger partial charge in [-0.1, -0.05) is 0 Å². The Morgan fingerprint density at radius 1 is 1.12 bits per heavy atom. The molecule has 0 radical (unpaired) electrons. The first-order valence-electron chi connectivity index (χ1n) is 10.1. The van der Waals surface area contributed by atoms with Crippen molar-refractivity contribution in [1.82, 2.24) is 14.8 Å². The zero-order chi connectivity index (χ0) is 17.1. The molecule has 0 unspecified atom stereocenters. The lowest BCUT2D eigenvalue weighted by Crippen LogP contribution is -2.41. The number of hydrogen-bond acceptors (Lipinski definition) is 3. The van der Waals surface area contributed by atoms with Crippen molar-refractivity contribution in [2.75, 3.05) is 45.9 Å². The molecule has 0 atom stereocenters. The lowest BCUT2D eigenvalue weighted by atomic mass is 9.93. The van der Waals surface area contributed by atoms with Crippen LogP contribution >= 0.6 is 0 Å². The molecule has 1 aliphatic carbocycles. The zero-order valence-corrected chi connectivity index (χ0v) is 15.3. The molecule has 5 heteroatoms. The zero-order valence-electron chi connectivity index (χ0n) is 15.3. The van der Waals surface area contributed by atoms with E-state index in [0.717, 1.165) is 76.7 Å². The van der Waals surface area contributed by atoms with Crippen LogP contribution in [0.1, 0.15) is 53.8 Å². The quantitative estimate of drug-likeness (QED) is 0.912. The van der Waals surface area contributed by atoms with Crippen molar-refractivity contribution in [3.05, 3.63) is 23.0 Å². The highest BCUT2D eigenvalue weighted by molar-refractivity contribution is 5.93. The number of nitrogens with zero attached hydrogens (tertiary/aromatic N) is 2. The molecule has 1 N–H and O–H groups in total. The third-order valence-electron chi connectivity index (χ3n) is 6.20.